The van der Waals surface area contributed by atoms with E-state index in [9.17, 15) is 14.4 Å². The zero-order valence-electron chi connectivity index (χ0n) is 14.3. The van der Waals surface area contributed by atoms with Gasteiger partial charge in [0.15, 0.2) is 6.61 Å². The first kappa shape index (κ1) is 19.5. The first-order valence-corrected chi connectivity index (χ1v) is 8.00. The van der Waals surface area contributed by atoms with Crippen molar-refractivity contribution in [2.75, 3.05) is 19.7 Å². The Balaban J connectivity index is 1.66. The maximum absolute atomic E-state index is 11.9. The van der Waals surface area contributed by atoms with Crippen LogP contribution in [0.1, 0.15) is 20.7 Å². The van der Waals surface area contributed by atoms with Gasteiger partial charge >= 0.3 is 0 Å². The molecule has 2 aromatic carbocycles. The van der Waals surface area contributed by atoms with Gasteiger partial charge in [0, 0.05) is 34.8 Å². The molecule has 2 amide bonds. The maximum atomic E-state index is 11.9. The van der Waals surface area contributed by atoms with Crippen LogP contribution in [0.3, 0.4) is 0 Å². The molecule has 138 valence electrons. The standard InChI is InChI=1S/C18H17N5O4/c19-23-22-15-5-3-14(4-6-15)18(26)21-10-9-20-17(25)12-27-16-7-1-13(11-24)2-8-16/h1-8,11H,9-10,12H2,(H,20,25)(H,21,26). The first-order chi connectivity index (χ1) is 13.1. The zero-order chi connectivity index (χ0) is 19.5. The average Bonchev–Trinajstić information content (AvgIpc) is 2.70. The highest BCUT2D eigenvalue weighted by atomic mass is 16.5. The lowest BCUT2D eigenvalue weighted by Crippen LogP contribution is -2.36. The van der Waals surface area contributed by atoms with E-state index in [1.165, 1.54) is 12.1 Å². The molecule has 0 spiro atoms. The summed E-state index contributed by atoms with van der Waals surface area (Å²) in [7, 11) is 0. The van der Waals surface area contributed by atoms with Gasteiger partial charge in [0.05, 0.1) is 0 Å². The Morgan fingerprint density at radius 1 is 1.04 bits per heavy atom. The molecule has 0 saturated heterocycles. The molecule has 0 aromatic heterocycles. The molecular weight excluding hydrogens is 350 g/mol. The lowest BCUT2D eigenvalue weighted by molar-refractivity contribution is -0.123. The average molecular weight is 367 g/mol. The van der Waals surface area contributed by atoms with Gasteiger partial charge in [0.25, 0.3) is 11.8 Å². The molecule has 0 aliphatic heterocycles. The van der Waals surface area contributed by atoms with Crippen LogP contribution in [0.25, 0.3) is 10.4 Å². The lowest BCUT2D eigenvalue weighted by atomic mass is 10.2. The van der Waals surface area contributed by atoms with Crippen molar-refractivity contribution >= 4 is 23.8 Å². The van der Waals surface area contributed by atoms with Gasteiger partial charge in [0.1, 0.15) is 12.0 Å². The molecule has 9 heteroatoms. The minimum Gasteiger partial charge on any atom is -0.484 e. The van der Waals surface area contributed by atoms with Crippen LogP contribution >= 0.6 is 0 Å². The van der Waals surface area contributed by atoms with Gasteiger partial charge in [-0.05, 0) is 41.9 Å². The Morgan fingerprint density at radius 2 is 1.70 bits per heavy atom. The van der Waals surface area contributed by atoms with Crippen LogP contribution in [0.5, 0.6) is 5.75 Å². The van der Waals surface area contributed by atoms with Crippen molar-refractivity contribution in [1.29, 1.82) is 0 Å². The summed E-state index contributed by atoms with van der Waals surface area (Å²) in [5.41, 5.74) is 9.69. The largest absolute Gasteiger partial charge is 0.484 e. The predicted molar refractivity (Wildman–Crippen MR) is 97.9 cm³/mol. The maximum Gasteiger partial charge on any atom is 0.258 e. The number of rotatable bonds is 9. The summed E-state index contributed by atoms with van der Waals surface area (Å²) in [6, 6.07) is 12.5. The van der Waals surface area contributed by atoms with Crippen LogP contribution in [0.4, 0.5) is 5.69 Å². The van der Waals surface area contributed by atoms with Crippen LogP contribution in [-0.4, -0.2) is 37.8 Å². The molecule has 0 heterocycles. The van der Waals surface area contributed by atoms with Crippen LogP contribution in [-0.2, 0) is 4.79 Å². The quantitative estimate of drug-likeness (QED) is 0.231. The monoisotopic (exact) mass is 367 g/mol. The number of nitrogens with one attached hydrogen (secondary N) is 2. The number of aldehydes is 1. The molecular formula is C18H17N5O4. The van der Waals surface area contributed by atoms with Crippen molar-refractivity contribution < 1.29 is 19.1 Å². The molecule has 9 nitrogen and oxygen atoms in total. The van der Waals surface area contributed by atoms with E-state index < -0.39 is 0 Å². The molecule has 0 unspecified atom stereocenters. The molecule has 2 rings (SSSR count). The second-order valence-corrected chi connectivity index (χ2v) is 5.32. The van der Waals surface area contributed by atoms with E-state index in [1.54, 1.807) is 36.4 Å². The van der Waals surface area contributed by atoms with Crippen LogP contribution in [0, 0.1) is 0 Å². The number of nitrogens with zero attached hydrogens (tertiary/aromatic N) is 3. The van der Waals surface area contributed by atoms with Crippen molar-refractivity contribution in [2.24, 2.45) is 5.11 Å². The summed E-state index contributed by atoms with van der Waals surface area (Å²) in [5, 5.41) is 8.70. The number of azide groups is 1. The van der Waals surface area contributed by atoms with E-state index >= 15 is 0 Å². The fourth-order valence-electron chi connectivity index (χ4n) is 2.05. The van der Waals surface area contributed by atoms with Crippen LogP contribution in [0.15, 0.2) is 53.6 Å². The van der Waals surface area contributed by atoms with E-state index in [1.807, 2.05) is 0 Å². The number of amides is 2. The fraction of sp³-hybridized carbons (Fsp3) is 0.167. The summed E-state index contributed by atoms with van der Waals surface area (Å²) in [6.45, 7) is 0.320. The van der Waals surface area contributed by atoms with Gasteiger partial charge in [-0.1, -0.05) is 17.2 Å². The molecule has 2 aromatic rings. The minimum absolute atomic E-state index is 0.171. The third-order valence-corrected chi connectivity index (χ3v) is 3.41. The van der Waals surface area contributed by atoms with E-state index in [-0.39, 0.29) is 31.5 Å². The number of benzene rings is 2. The highest BCUT2D eigenvalue weighted by molar-refractivity contribution is 5.94. The number of carbonyl (C=O) groups excluding carboxylic acids is 3. The molecule has 0 saturated carbocycles. The number of ether oxygens (including phenoxy) is 1. The Kier molecular flexibility index (Phi) is 7.37. The lowest BCUT2D eigenvalue weighted by Gasteiger charge is -2.09. The Bertz CT molecular complexity index is 843. The van der Waals surface area contributed by atoms with E-state index in [0.29, 0.717) is 22.6 Å². The molecule has 0 fully saturated rings. The predicted octanol–water partition coefficient (Wildman–Crippen LogP) is 2.37. The van der Waals surface area contributed by atoms with Gasteiger partial charge in [-0.25, -0.2) is 0 Å². The normalized spacial score (nSPS) is 9.63. The molecule has 0 radical (unpaired) electrons. The Labute approximate surface area is 155 Å². The molecule has 0 atom stereocenters. The van der Waals surface area contributed by atoms with Gasteiger partial charge in [0.2, 0.25) is 0 Å². The molecule has 27 heavy (non-hydrogen) atoms. The smallest absolute Gasteiger partial charge is 0.258 e. The van der Waals surface area contributed by atoms with Crippen molar-refractivity contribution in [3.8, 4) is 5.75 Å². The number of carbonyl (C=O) groups is 3. The van der Waals surface area contributed by atoms with Crippen LogP contribution in [0.2, 0.25) is 0 Å². The Morgan fingerprint density at radius 3 is 2.33 bits per heavy atom. The van der Waals surface area contributed by atoms with Crippen molar-refractivity contribution in [2.45, 2.75) is 0 Å². The summed E-state index contributed by atoms with van der Waals surface area (Å²) in [6.07, 6.45) is 0.722. The molecule has 0 aliphatic rings. The Hall–Kier alpha value is -3.84. The highest BCUT2D eigenvalue weighted by Gasteiger charge is 2.06. The highest BCUT2D eigenvalue weighted by Crippen LogP contribution is 2.13. The van der Waals surface area contributed by atoms with Crippen molar-refractivity contribution in [3.05, 3.63) is 70.1 Å². The second-order valence-electron chi connectivity index (χ2n) is 5.32. The molecule has 2 N–H and O–H groups in total. The van der Waals surface area contributed by atoms with Gasteiger partial charge in [-0.2, -0.15) is 0 Å². The second kappa shape index (κ2) is 10.2. The van der Waals surface area contributed by atoms with E-state index in [4.69, 9.17) is 10.3 Å². The molecule has 0 bridgehead atoms. The minimum atomic E-state index is -0.331. The zero-order valence-corrected chi connectivity index (χ0v) is 14.3. The third-order valence-electron chi connectivity index (χ3n) is 3.41. The molecule has 0 aliphatic carbocycles. The van der Waals surface area contributed by atoms with E-state index in [0.717, 1.165) is 6.29 Å². The van der Waals surface area contributed by atoms with Crippen LogP contribution < -0.4 is 15.4 Å². The van der Waals surface area contributed by atoms with Crippen molar-refractivity contribution in [3.63, 3.8) is 0 Å². The van der Waals surface area contributed by atoms with E-state index in [2.05, 4.69) is 20.7 Å². The SMILES string of the molecule is [N-]=[N+]=Nc1ccc(C(=O)NCCNC(=O)COc2ccc(C=O)cc2)cc1. The summed E-state index contributed by atoms with van der Waals surface area (Å²) in [4.78, 5) is 36.9. The van der Waals surface area contributed by atoms with Gasteiger partial charge < -0.3 is 15.4 Å². The number of hydrogen-bond donors (Lipinski definition) is 2. The summed E-state index contributed by atoms with van der Waals surface area (Å²) >= 11 is 0. The summed E-state index contributed by atoms with van der Waals surface area (Å²) in [5.74, 6) is -0.154. The topological polar surface area (TPSA) is 133 Å². The fourth-order valence-corrected chi connectivity index (χ4v) is 2.05. The van der Waals surface area contributed by atoms with Crippen molar-refractivity contribution in [1.82, 2.24) is 10.6 Å². The third kappa shape index (κ3) is 6.52. The first-order valence-electron chi connectivity index (χ1n) is 8.00. The number of hydrogen-bond acceptors (Lipinski definition) is 5. The van der Waals surface area contributed by atoms with Gasteiger partial charge in [-0.3, -0.25) is 14.4 Å². The summed E-state index contributed by atoms with van der Waals surface area (Å²) < 4.78 is 5.30. The van der Waals surface area contributed by atoms with Gasteiger partial charge in [-0.15, -0.1) is 0 Å².